The van der Waals surface area contributed by atoms with E-state index in [1.54, 1.807) is 18.2 Å². The molecule has 0 bridgehead atoms. The first kappa shape index (κ1) is 50.2. The van der Waals surface area contributed by atoms with Gasteiger partial charge >= 0.3 is 0 Å². The molecule has 0 radical (unpaired) electrons. The minimum atomic E-state index is -2.68. The molecular formula is C86H73N5O. The second-order valence-electron chi connectivity index (χ2n) is 27.8. The van der Waals surface area contributed by atoms with Crippen LogP contribution in [-0.2, 0) is 16.2 Å². The van der Waals surface area contributed by atoms with Crippen LogP contribution in [0.2, 0.25) is 0 Å². The Bertz CT molecular complexity index is 5660. The normalized spacial score (nSPS) is 13.8. The van der Waals surface area contributed by atoms with E-state index in [1.807, 2.05) is 42.6 Å². The summed E-state index contributed by atoms with van der Waals surface area (Å²) in [4.78, 5) is 4.97. The van der Waals surface area contributed by atoms with E-state index >= 15 is 0 Å². The SMILES string of the molecule is [2H]C([2H])([2H])c1cccc(C([2H])([2H])[2H])c1-c1cc(-c2cc(C(C)(C)C)cc(C(C)(C)C)c2)c2c(c1)-c1ccccc1-c1ccccc1-c1cc(-n3c4ccccc4c4ccccc43)cc3c1[n+]-2[c-]n3-c1cccc(Oc2ccc3c4ccccc4n(-c4cc(C(C)(C)C)ccn4)c3c2)c1. The average Bonchev–Trinajstić information content (AvgIpc) is 1.52. The number of benzene rings is 11. The number of imidazole rings is 1. The molecule has 0 saturated carbocycles. The molecule has 0 N–H and O–H groups in total. The Morgan fingerprint density at radius 3 is 1.53 bits per heavy atom. The topological polar surface area (TPSA) is 40.8 Å². The Morgan fingerprint density at radius 1 is 0.391 bits per heavy atom. The minimum absolute atomic E-state index is 0.0412. The molecule has 0 aliphatic carbocycles. The molecule has 0 unspecified atom stereocenters. The van der Waals surface area contributed by atoms with Gasteiger partial charge in [0, 0.05) is 47.7 Å². The number of para-hydroxylation sites is 3. The number of nitrogens with zero attached hydrogens (tertiary/aromatic N) is 5. The molecule has 0 amide bonds. The van der Waals surface area contributed by atoms with Crippen LogP contribution in [0.15, 0.2) is 243 Å². The summed E-state index contributed by atoms with van der Waals surface area (Å²) < 4.78 is 70.5. The molecule has 448 valence electrons. The van der Waals surface area contributed by atoms with Gasteiger partial charge in [-0.05, 0) is 198 Å². The van der Waals surface area contributed by atoms with Gasteiger partial charge in [0.2, 0.25) is 0 Å². The number of hydrogen-bond acceptors (Lipinski definition) is 2. The molecule has 0 saturated heterocycles. The Labute approximate surface area is 547 Å². The molecule has 0 spiro atoms. The van der Waals surface area contributed by atoms with Crippen LogP contribution >= 0.6 is 0 Å². The molecule has 6 heteroatoms. The Kier molecular flexibility index (Phi) is 11.5. The Balaban J connectivity index is 1.03. The van der Waals surface area contributed by atoms with E-state index in [9.17, 15) is 0 Å². The quantitative estimate of drug-likeness (QED) is 0.118. The number of fused-ring (bicyclic) bond motifs is 13. The molecule has 0 fully saturated rings. The maximum Gasteiger partial charge on any atom is 0.269 e. The highest BCUT2D eigenvalue weighted by Gasteiger charge is 2.31. The third-order valence-corrected chi connectivity index (χ3v) is 18.8. The largest absolute Gasteiger partial charge is 0.458 e. The highest BCUT2D eigenvalue weighted by molar-refractivity contribution is 6.11. The lowest BCUT2D eigenvalue weighted by molar-refractivity contribution is -0.570. The summed E-state index contributed by atoms with van der Waals surface area (Å²) in [6.07, 6.45) is 5.99. The molecule has 15 aromatic rings. The van der Waals surface area contributed by atoms with Gasteiger partial charge in [-0.25, -0.2) is 4.98 Å². The highest BCUT2D eigenvalue weighted by Crippen LogP contribution is 2.49. The second-order valence-corrected chi connectivity index (χ2v) is 27.8. The first-order valence-corrected chi connectivity index (χ1v) is 31.8. The number of rotatable bonds is 7. The van der Waals surface area contributed by atoms with Gasteiger partial charge in [0.25, 0.3) is 6.33 Å². The van der Waals surface area contributed by atoms with Crippen LogP contribution in [-0.4, -0.2) is 18.7 Å². The second kappa shape index (κ2) is 21.0. The van der Waals surface area contributed by atoms with Gasteiger partial charge < -0.3 is 9.30 Å². The van der Waals surface area contributed by atoms with Gasteiger partial charge in [-0.15, -0.1) is 0 Å². The van der Waals surface area contributed by atoms with Gasteiger partial charge in [-0.1, -0.05) is 208 Å². The van der Waals surface area contributed by atoms with E-state index < -0.39 is 13.7 Å². The Morgan fingerprint density at radius 2 is 0.924 bits per heavy atom. The molecule has 11 aromatic carbocycles. The van der Waals surface area contributed by atoms with Crippen LogP contribution in [0, 0.1) is 20.0 Å². The standard InChI is InChI=1S/C86H73N5O/c1-53-24-22-25-54(2)81(53)56-44-72(55-42-58(85(6,7)8)46-59(43-55)86(9,10)11)82-73(45-56)66-30-14-12-28-64(66)65-29-13-15-31-67(65)74-49-61(90-75-35-19-16-32-68(75)69-33-17-20-36-76(69)90)50-79-83(74)89(82)52-88(79)60-26-23-27-62(48-60)92-63-38-39-71-70-34-18-21-37-77(70)91(78(71)51-63)80-47-57(40-41-87-80)84(3,4)5/h12-51H,1-11H3/i1D3,2D3. The van der Waals surface area contributed by atoms with Crippen molar-refractivity contribution < 1.29 is 17.5 Å². The predicted molar refractivity (Wildman–Crippen MR) is 383 cm³/mol. The fourth-order valence-electron chi connectivity index (χ4n) is 14.1. The molecular weight excluding hydrogens is 1120 g/mol. The van der Waals surface area contributed by atoms with Gasteiger partial charge in [-0.3, -0.25) is 13.7 Å². The summed E-state index contributed by atoms with van der Waals surface area (Å²) in [6, 6.07) is 81.6. The van der Waals surface area contributed by atoms with Crippen molar-refractivity contribution in [2.24, 2.45) is 0 Å². The molecule has 16 rings (SSSR count). The number of ether oxygens (including phenoxy) is 1. The summed E-state index contributed by atoms with van der Waals surface area (Å²) in [5.74, 6) is 2.09. The third-order valence-electron chi connectivity index (χ3n) is 18.8. The van der Waals surface area contributed by atoms with Crippen LogP contribution < -0.4 is 9.30 Å². The summed E-state index contributed by atoms with van der Waals surface area (Å²) >= 11 is 0. The molecule has 4 aromatic heterocycles. The number of hydrogen-bond donors (Lipinski definition) is 0. The summed E-state index contributed by atoms with van der Waals surface area (Å²) in [7, 11) is 0. The van der Waals surface area contributed by atoms with Gasteiger partial charge in [0.05, 0.1) is 44.5 Å². The van der Waals surface area contributed by atoms with E-state index in [1.165, 1.54) is 5.56 Å². The molecule has 1 aliphatic rings. The highest BCUT2D eigenvalue weighted by atomic mass is 16.5. The lowest BCUT2D eigenvalue weighted by Crippen LogP contribution is -2.32. The van der Waals surface area contributed by atoms with Crippen molar-refractivity contribution in [3.63, 3.8) is 0 Å². The fraction of sp³-hybridized carbons (Fsp3) is 0.163. The zero-order valence-electron chi connectivity index (χ0n) is 59.2. The summed E-state index contributed by atoms with van der Waals surface area (Å²) in [5, 5.41) is 4.47. The summed E-state index contributed by atoms with van der Waals surface area (Å²) in [6.45, 7) is 14.7. The van der Waals surface area contributed by atoms with Crippen molar-refractivity contribution in [2.45, 2.75) is 92.3 Å². The van der Waals surface area contributed by atoms with E-state index in [-0.39, 0.29) is 32.9 Å². The van der Waals surface area contributed by atoms with Gasteiger partial charge in [-0.2, -0.15) is 0 Å². The fourth-order valence-corrected chi connectivity index (χ4v) is 14.1. The monoisotopic (exact) mass is 1200 g/mol. The van der Waals surface area contributed by atoms with Gasteiger partial charge in [0.1, 0.15) is 17.3 Å². The van der Waals surface area contributed by atoms with E-state index in [4.69, 9.17) is 17.9 Å². The smallest absolute Gasteiger partial charge is 0.269 e. The van der Waals surface area contributed by atoms with Crippen molar-refractivity contribution >= 4 is 54.6 Å². The van der Waals surface area contributed by atoms with E-state index in [0.717, 1.165) is 133 Å². The van der Waals surface area contributed by atoms with Crippen LogP contribution in [0.3, 0.4) is 0 Å². The lowest BCUT2D eigenvalue weighted by Gasteiger charge is -2.28. The number of pyridine rings is 1. The minimum Gasteiger partial charge on any atom is -0.458 e. The number of aromatic nitrogens is 5. The van der Waals surface area contributed by atoms with Crippen molar-refractivity contribution in [3.05, 3.63) is 277 Å². The van der Waals surface area contributed by atoms with Crippen LogP contribution in [0.5, 0.6) is 11.5 Å². The van der Waals surface area contributed by atoms with E-state index in [2.05, 4.69) is 269 Å². The predicted octanol–water partition coefficient (Wildman–Crippen LogP) is 22.2. The van der Waals surface area contributed by atoms with Crippen LogP contribution in [0.4, 0.5) is 0 Å². The van der Waals surface area contributed by atoms with Crippen LogP contribution in [0.25, 0.3) is 133 Å². The molecule has 1 aliphatic heterocycles. The molecule has 5 heterocycles. The zero-order valence-corrected chi connectivity index (χ0v) is 53.2. The van der Waals surface area contributed by atoms with Crippen molar-refractivity contribution in [3.8, 4) is 90.0 Å². The third kappa shape index (κ3) is 9.28. The molecule has 0 atom stereocenters. The van der Waals surface area contributed by atoms with Crippen molar-refractivity contribution in [1.82, 2.24) is 18.7 Å². The lowest BCUT2D eigenvalue weighted by atomic mass is 9.78. The first-order valence-electron chi connectivity index (χ1n) is 34.8. The van der Waals surface area contributed by atoms with Gasteiger partial charge in [0.15, 0.2) is 0 Å². The molecule has 92 heavy (non-hydrogen) atoms. The van der Waals surface area contributed by atoms with Crippen LogP contribution in [0.1, 0.15) is 98.4 Å². The van der Waals surface area contributed by atoms with Crippen molar-refractivity contribution in [1.29, 1.82) is 0 Å². The van der Waals surface area contributed by atoms with Crippen molar-refractivity contribution in [2.75, 3.05) is 0 Å². The maximum absolute atomic E-state index is 9.07. The number of aryl methyl sites for hydroxylation is 2. The maximum atomic E-state index is 9.07. The Hall–Kier alpha value is -10.6. The first-order chi connectivity index (χ1) is 46.8. The summed E-state index contributed by atoms with van der Waals surface area (Å²) in [5.41, 5.74) is 18.6. The van der Waals surface area contributed by atoms with E-state index in [0.29, 0.717) is 17.1 Å². The molecule has 6 nitrogen and oxygen atoms in total. The zero-order chi connectivity index (χ0) is 68.1. The average molecular weight is 1200 g/mol.